The first-order valence-electron chi connectivity index (χ1n) is 9.65. The Morgan fingerprint density at radius 3 is 2.52 bits per heavy atom. The Kier molecular flexibility index (Phi) is 5.21. The fraction of sp³-hybridized carbons (Fsp3) is 0.364. The molecule has 2 fully saturated rings. The van der Waals surface area contributed by atoms with Crippen molar-refractivity contribution in [3.05, 3.63) is 54.1 Å². The maximum Gasteiger partial charge on any atom is 0.246 e. The van der Waals surface area contributed by atoms with Crippen molar-refractivity contribution in [3.63, 3.8) is 0 Å². The zero-order valence-corrected chi connectivity index (χ0v) is 15.4. The van der Waals surface area contributed by atoms with Gasteiger partial charge in [-0.15, -0.1) is 0 Å². The molecule has 0 aromatic heterocycles. The number of carbonyl (C=O) groups is 2. The molecule has 1 saturated heterocycles. The number of nitrogens with zero attached hydrogens (tertiary/aromatic N) is 2. The Labute approximate surface area is 159 Å². The second-order valence-corrected chi connectivity index (χ2v) is 7.34. The van der Waals surface area contributed by atoms with Gasteiger partial charge in [0, 0.05) is 38.3 Å². The van der Waals surface area contributed by atoms with Gasteiger partial charge in [0.1, 0.15) is 0 Å². The van der Waals surface area contributed by atoms with E-state index in [9.17, 15) is 9.59 Å². The average Bonchev–Trinajstić information content (AvgIpc) is 3.50. The van der Waals surface area contributed by atoms with Crippen LogP contribution in [-0.2, 0) is 9.59 Å². The minimum absolute atomic E-state index is 0.0324. The topological polar surface area (TPSA) is 52.7 Å². The SMILES string of the molecule is O=C(CN1CCN(C(=O)/C=C\c2cccc3ccccc23)CC1)NC1CC1. The van der Waals surface area contributed by atoms with Crippen molar-refractivity contribution >= 4 is 28.7 Å². The van der Waals surface area contributed by atoms with Crippen molar-refractivity contribution in [3.8, 4) is 0 Å². The first-order valence-corrected chi connectivity index (χ1v) is 9.65. The van der Waals surface area contributed by atoms with Crippen LogP contribution in [0.15, 0.2) is 48.5 Å². The highest BCUT2D eigenvalue weighted by atomic mass is 16.2. The van der Waals surface area contributed by atoms with Crippen molar-refractivity contribution in [2.45, 2.75) is 18.9 Å². The maximum atomic E-state index is 12.5. The van der Waals surface area contributed by atoms with E-state index < -0.39 is 0 Å². The molecule has 2 aromatic rings. The number of carbonyl (C=O) groups excluding carboxylic acids is 2. The summed E-state index contributed by atoms with van der Waals surface area (Å²) in [7, 11) is 0. The standard InChI is InChI=1S/C22H25N3O2/c26-21(23-19-9-10-19)16-24-12-14-25(15-13-24)22(27)11-8-18-6-3-5-17-4-1-2-7-20(17)18/h1-8,11,19H,9-10,12-16H2,(H,23,26)/b11-8-. The number of hydrogen-bond acceptors (Lipinski definition) is 3. The van der Waals surface area contributed by atoms with Gasteiger partial charge in [-0.2, -0.15) is 0 Å². The molecule has 2 amide bonds. The van der Waals surface area contributed by atoms with Gasteiger partial charge >= 0.3 is 0 Å². The fourth-order valence-corrected chi connectivity index (χ4v) is 3.49. The van der Waals surface area contributed by atoms with Gasteiger partial charge in [-0.3, -0.25) is 14.5 Å². The monoisotopic (exact) mass is 363 g/mol. The van der Waals surface area contributed by atoms with E-state index >= 15 is 0 Å². The molecule has 27 heavy (non-hydrogen) atoms. The molecule has 5 heteroatoms. The lowest BCUT2D eigenvalue weighted by Gasteiger charge is -2.33. The zero-order chi connectivity index (χ0) is 18.6. The first-order chi connectivity index (χ1) is 13.2. The molecule has 1 N–H and O–H groups in total. The number of amides is 2. The fourth-order valence-electron chi connectivity index (χ4n) is 3.49. The molecule has 1 heterocycles. The summed E-state index contributed by atoms with van der Waals surface area (Å²) < 4.78 is 0. The molecule has 4 rings (SSSR count). The molecular weight excluding hydrogens is 338 g/mol. The van der Waals surface area contributed by atoms with Crippen LogP contribution in [0, 0.1) is 0 Å². The van der Waals surface area contributed by atoms with Gasteiger partial charge in [-0.05, 0) is 35.3 Å². The smallest absolute Gasteiger partial charge is 0.246 e. The lowest BCUT2D eigenvalue weighted by atomic mass is 10.0. The molecule has 5 nitrogen and oxygen atoms in total. The number of hydrogen-bond donors (Lipinski definition) is 1. The first kappa shape index (κ1) is 17.7. The molecule has 0 radical (unpaired) electrons. The predicted molar refractivity (Wildman–Crippen MR) is 107 cm³/mol. The van der Waals surface area contributed by atoms with E-state index in [1.165, 1.54) is 5.39 Å². The summed E-state index contributed by atoms with van der Waals surface area (Å²) in [6.45, 7) is 3.24. The van der Waals surface area contributed by atoms with Crippen molar-refractivity contribution in [2.75, 3.05) is 32.7 Å². The third-order valence-corrected chi connectivity index (χ3v) is 5.22. The third-order valence-electron chi connectivity index (χ3n) is 5.22. The highest BCUT2D eigenvalue weighted by Gasteiger charge is 2.25. The summed E-state index contributed by atoms with van der Waals surface area (Å²) >= 11 is 0. The van der Waals surface area contributed by atoms with Crippen LogP contribution >= 0.6 is 0 Å². The highest BCUT2D eigenvalue weighted by molar-refractivity contribution is 5.96. The normalized spacial score (nSPS) is 18.1. The summed E-state index contributed by atoms with van der Waals surface area (Å²) in [5.41, 5.74) is 1.05. The number of nitrogens with one attached hydrogen (secondary N) is 1. The molecule has 1 saturated carbocycles. The third kappa shape index (κ3) is 4.55. The summed E-state index contributed by atoms with van der Waals surface area (Å²) in [6.07, 6.45) is 5.78. The Bertz CT molecular complexity index is 859. The van der Waals surface area contributed by atoms with E-state index in [1.54, 1.807) is 6.08 Å². The number of fused-ring (bicyclic) bond motifs is 1. The van der Waals surface area contributed by atoms with Gasteiger partial charge in [-0.1, -0.05) is 42.5 Å². The van der Waals surface area contributed by atoms with Crippen LogP contribution in [-0.4, -0.2) is 60.4 Å². The van der Waals surface area contributed by atoms with Gasteiger partial charge in [0.15, 0.2) is 0 Å². The minimum atomic E-state index is 0.0324. The van der Waals surface area contributed by atoms with Gasteiger partial charge < -0.3 is 10.2 Å². The second kappa shape index (κ2) is 7.92. The van der Waals surface area contributed by atoms with E-state index in [0.29, 0.717) is 25.7 Å². The van der Waals surface area contributed by atoms with Gasteiger partial charge in [0.25, 0.3) is 0 Å². The van der Waals surface area contributed by atoms with E-state index in [1.807, 2.05) is 35.2 Å². The van der Waals surface area contributed by atoms with Crippen molar-refractivity contribution in [1.82, 2.24) is 15.1 Å². The Morgan fingerprint density at radius 2 is 1.74 bits per heavy atom. The van der Waals surface area contributed by atoms with Gasteiger partial charge in [0.2, 0.25) is 11.8 Å². The second-order valence-electron chi connectivity index (χ2n) is 7.34. The maximum absolute atomic E-state index is 12.5. The van der Waals surface area contributed by atoms with Crippen LogP contribution in [0.1, 0.15) is 18.4 Å². The summed E-state index contributed by atoms with van der Waals surface area (Å²) in [5.74, 6) is 0.137. The van der Waals surface area contributed by atoms with Gasteiger partial charge in [-0.25, -0.2) is 0 Å². The van der Waals surface area contributed by atoms with Crippen LogP contribution in [0.5, 0.6) is 0 Å². The summed E-state index contributed by atoms with van der Waals surface area (Å²) in [4.78, 5) is 28.4. The van der Waals surface area contributed by atoms with E-state index in [2.05, 4.69) is 28.4 Å². The lowest BCUT2D eigenvalue weighted by Crippen LogP contribution is -2.51. The Morgan fingerprint density at radius 1 is 1.00 bits per heavy atom. The quantitative estimate of drug-likeness (QED) is 0.829. The van der Waals surface area contributed by atoms with Crippen LogP contribution in [0.2, 0.25) is 0 Å². The minimum Gasteiger partial charge on any atom is -0.352 e. The van der Waals surface area contributed by atoms with Crippen LogP contribution in [0.4, 0.5) is 0 Å². The van der Waals surface area contributed by atoms with Crippen LogP contribution in [0.25, 0.3) is 16.8 Å². The molecular formula is C22H25N3O2. The largest absolute Gasteiger partial charge is 0.352 e. The van der Waals surface area contributed by atoms with Crippen LogP contribution in [0.3, 0.4) is 0 Å². The molecule has 2 aliphatic rings. The number of piperazine rings is 1. The molecule has 0 unspecified atom stereocenters. The highest BCUT2D eigenvalue weighted by Crippen LogP contribution is 2.20. The van der Waals surface area contributed by atoms with E-state index in [4.69, 9.17) is 0 Å². The van der Waals surface area contributed by atoms with Gasteiger partial charge in [0.05, 0.1) is 6.54 Å². The number of benzene rings is 2. The Balaban J connectivity index is 1.31. The van der Waals surface area contributed by atoms with Crippen molar-refractivity contribution in [1.29, 1.82) is 0 Å². The van der Waals surface area contributed by atoms with E-state index in [-0.39, 0.29) is 11.8 Å². The predicted octanol–water partition coefficient (Wildman–Crippen LogP) is 2.28. The number of rotatable bonds is 5. The van der Waals surface area contributed by atoms with Crippen molar-refractivity contribution in [2.24, 2.45) is 0 Å². The summed E-state index contributed by atoms with van der Waals surface area (Å²) in [5, 5.41) is 5.34. The molecule has 0 atom stereocenters. The Hall–Kier alpha value is -2.66. The molecule has 1 aliphatic carbocycles. The van der Waals surface area contributed by atoms with E-state index in [0.717, 1.165) is 36.9 Å². The lowest BCUT2D eigenvalue weighted by molar-refractivity contribution is -0.128. The molecule has 2 aromatic carbocycles. The van der Waals surface area contributed by atoms with Crippen molar-refractivity contribution < 1.29 is 9.59 Å². The summed E-state index contributed by atoms with van der Waals surface area (Å²) in [6, 6.07) is 14.7. The molecule has 0 spiro atoms. The molecule has 140 valence electrons. The molecule has 1 aliphatic heterocycles. The zero-order valence-electron chi connectivity index (χ0n) is 15.4. The molecule has 0 bridgehead atoms. The van der Waals surface area contributed by atoms with Crippen LogP contribution < -0.4 is 5.32 Å². The average molecular weight is 363 g/mol.